The highest BCUT2D eigenvalue weighted by atomic mass is 15.3. The van der Waals surface area contributed by atoms with Crippen LogP contribution in [0.1, 0.15) is 43.5 Å². The monoisotopic (exact) mass is 266 g/mol. The van der Waals surface area contributed by atoms with E-state index >= 15 is 0 Å². The van der Waals surface area contributed by atoms with Crippen LogP contribution in [0.15, 0.2) is 24.3 Å². The van der Waals surface area contributed by atoms with Gasteiger partial charge in [0.1, 0.15) is 5.82 Å². The molecule has 0 radical (unpaired) electrons. The Morgan fingerprint density at radius 3 is 2.60 bits per heavy atom. The number of fused-ring (bicyclic) bond motifs is 1. The Morgan fingerprint density at radius 2 is 2.00 bits per heavy atom. The van der Waals surface area contributed by atoms with E-state index in [0.29, 0.717) is 5.56 Å². The van der Waals surface area contributed by atoms with Gasteiger partial charge in [0.25, 0.3) is 0 Å². The predicted molar refractivity (Wildman–Crippen MR) is 78.7 cm³/mol. The van der Waals surface area contributed by atoms with Gasteiger partial charge in [0, 0.05) is 5.56 Å². The van der Waals surface area contributed by atoms with Gasteiger partial charge in [0.05, 0.1) is 23.0 Å². The van der Waals surface area contributed by atoms with Crippen LogP contribution in [0.2, 0.25) is 0 Å². The van der Waals surface area contributed by atoms with Crippen molar-refractivity contribution in [2.45, 2.75) is 38.5 Å². The lowest BCUT2D eigenvalue weighted by Crippen LogP contribution is -2.24. The van der Waals surface area contributed by atoms with Crippen molar-refractivity contribution in [3.05, 3.63) is 41.1 Å². The maximum absolute atomic E-state index is 8.86. The van der Waals surface area contributed by atoms with Crippen molar-refractivity contribution < 1.29 is 0 Å². The molecule has 102 valence electrons. The van der Waals surface area contributed by atoms with E-state index in [1.54, 1.807) is 16.8 Å². The molecule has 0 fully saturated rings. The number of nitrogens with zero attached hydrogens (tertiary/aromatic N) is 3. The number of benzene rings is 1. The molecule has 0 atom stereocenters. The van der Waals surface area contributed by atoms with Crippen molar-refractivity contribution >= 4 is 5.82 Å². The number of hydrogen-bond acceptors (Lipinski definition) is 3. The molecule has 4 heteroatoms. The fourth-order valence-electron chi connectivity index (χ4n) is 3.09. The molecule has 1 aliphatic rings. The molecule has 0 aliphatic heterocycles. The number of nitrogens with two attached hydrogens (primary N) is 1. The quantitative estimate of drug-likeness (QED) is 0.862. The summed E-state index contributed by atoms with van der Waals surface area (Å²) < 4.78 is 1.80. The first-order valence-corrected chi connectivity index (χ1v) is 6.91. The topological polar surface area (TPSA) is 67.6 Å². The Balaban J connectivity index is 2.12. The van der Waals surface area contributed by atoms with Crippen LogP contribution >= 0.6 is 0 Å². The molecule has 0 saturated heterocycles. The minimum absolute atomic E-state index is 0.0858. The number of nitriles is 1. The van der Waals surface area contributed by atoms with Crippen molar-refractivity contribution in [3.63, 3.8) is 0 Å². The van der Waals surface area contributed by atoms with Crippen molar-refractivity contribution in [2.75, 3.05) is 5.73 Å². The van der Waals surface area contributed by atoms with Gasteiger partial charge in [-0.15, -0.1) is 0 Å². The lowest BCUT2D eigenvalue weighted by molar-refractivity contribution is 0.432. The Morgan fingerprint density at radius 1 is 1.30 bits per heavy atom. The van der Waals surface area contributed by atoms with Gasteiger partial charge in [0.15, 0.2) is 0 Å². The smallest absolute Gasteiger partial charge is 0.131 e. The minimum atomic E-state index is 0.0858. The molecule has 1 aromatic heterocycles. The Hall–Kier alpha value is -2.28. The molecule has 0 saturated carbocycles. The molecule has 1 aromatic carbocycles. The third-order valence-electron chi connectivity index (χ3n) is 4.13. The number of aromatic nitrogens is 2. The van der Waals surface area contributed by atoms with Gasteiger partial charge in [-0.3, -0.25) is 0 Å². The SMILES string of the molecule is CC1(C)CCCc2nn(-c3ccc(C#N)cc3)c(N)c21. The van der Waals surface area contributed by atoms with E-state index in [9.17, 15) is 0 Å². The normalized spacial score (nSPS) is 16.4. The fourth-order valence-corrected chi connectivity index (χ4v) is 3.09. The molecular weight excluding hydrogens is 248 g/mol. The second-order valence-corrected chi connectivity index (χ2v) is 6.01. The summed E-state index contributed by atoms with van der Waals surface area (Å²) in [5.41, 5.74) is 10.3. The molecule has 0 spiro atoms. The molecule has 2 N–H and O–H groups in total. The highest BCUT2D eigenvalue weighted by Crippen LogP contribution is 2.40. The zero-order valence-corrected chi connectivity index (χ0v) is 11.8. The lowest BCUT2D eigenvalue weighted by atomic mass is 9.75. The van der Waals surface area contributed by atoms with E-state index in [2.05, 4.69) is 25.0 Å². The third-order valence-corrected chi connectivity index (χ3v) is 4.13. The van der Waals surface area contributed by atoms with Crippen molar-refractivity contribution in [1.29, 1.82) is 5.26 Å². The highest BCUT2D eigenvalue weighted by molar-refractivity contribution is 5.54. The van der Waals surface area contributed by atoms with E-state index in [0.717, 1.165) is 36.5 Å². The zero-order chi connectivity index (χ0) is 14.3. The van der Waals surface area contributed by atoms with Gasteiger partial charge in [-0.05, 0) is 48.9 Å². The largest absolute Gasteiger partial charge is 0.383 e. The van der Waals surface area contributed by atoms with E-state index in [1.165, 1.54) is 5.56 Å². The first-order valence-electron chi connectivity index (χ1n) is 6.91. The average molecular weight is 266 g/mol. The fraction of sp³-hybridized carbons (Fsp3) is 0.375. The number of nitrogen functional groups attached to an aromatic ring is 1. The summed E-state index contributed by atoms with van der Waals surface area (Å²) in [5.74, 6) is 0.731. The number of aryl methyl sites for hydroxylation is 1. The van der Waals surface area contributed by atoms with Crippen molar-refractivity contribution in [1.82, 2.24) is 9.78 Å². The average Bonchev–Trinajstić information content (AvgIpc) is 2.77. The Labute approximate surface area is 118 Å². The van der Waals surface area contributed by atoms with Gasteiger partial charge >= 0.3 is 0 Å². The summed E-state index contributed by atoms with van der Waals surface area (Å²) in [6.45, 7) is 4.46. The van der Waals surface area contributed by atoms with Crippen molar-refractivity contribution in [2.24, 2.45) is 0 Å². The van der Waals surface area contributed by atoms with Crippen LogP contribution in [0.3, 0.4) is 0 Å². The predicted octanol–water partition coefficient (Wildman–Crippen LogP) is 2.94. The summed E-state index contributed by atoms with van der Waals surface area (Å²) in [7, 11) is 0. The summed E-state index contributed by atoms with van der Waals surface area (Å²) >= 11 is 0. The highest BCUT2D eigenvalue weighted by Gasteiger charge is 2.33. The van der Waals surface area contributed by atoms with Gasteiger partial charge in [-0.2, -0.15) is 10.4 Å². The number of hydrogen-bond donors (Lipinski definition) is 1. The molecule has 0 unspecified atom stereocenters. The Kier molecular flexibility index (Phi) is 2.79. The molecule has 2 aromatic rings. The van der Waals surface area contributed by atoms with E-state index in [4.69, 9.17) is 11.0 Å². The molecule has 1 heterocycles. The van der Waals surface area contributed by atoms with E-state index in [-0.39, 0.29) is 5.41 Å². The van der Waals surface area contributed by atoms with Crippen LogP contribution in [0, 0.1) is 11.3 Å². The molecule has 4 nitrogen and oxygen atoms in total. The standard InChI is InChI=1S/C16H18N4/c1-16(2)9-3-4-13-14(16)15(18)20(19-13)12-7-5-11(10-17)6-8-12/h5-8H,3-4,9,18H2,1-2H3. The molecule has 1 aliphatic carbocycles. The third kappa shape index (κ3) is 1.87. The van der Waals surface area contributed by atoms with Gasteiger partial charge in [-0.1, -0.05) is 13.8 Å². The van der Waals surface area contributed by atoms with E-state index in [1.807, 2.05) is 12.1 Å². The lowest BCUT2D eigenvalue weighted by Gasteiger charge is -2.29. The van der Waals surface area contributed by atoms with Gasteiger partial charge < -0.3 is 5.73 Å². The summed E-state index contributed by atoms with van der Waals surface area (Å²) in [6.07, 6.45) is 3.29. The Bertz CT molecular complexity index is 687. The first kappa shape index (κ1) is 12.7. The minimum Gasteiger partial charge on any atom is -0.383 e. The van der Waals surface area contributed by atoms with Crippen LogP contribution in [0.5, 0.6) is 0 Å². The second-order valence-electron chi connectivity index (χ2n) is 6.01. The second kappa shape index (κ2) is 4.38. The number of rotatable bonds is 1. The van der Waals surface area contributed by atoms with Crippen LogP contribution in [0.25, 0.3) is 5.69 Å². The van der Waals surface area contributed by atoms with Crippen molar-refractivity contribution in [3.8, 4) is 11.8 Å². The number of anilines is 1. The van der Waals surface area contributed by atoms with Crippen LogP contribution in [-0.4, -0.2) is 9.78 Å². The summed E-state index contributed by atoms with van der Waals surface area (Å²) in [5, 5.41) is 13.5. The van der Waals surface area contributed by atoms with Crippen LogP contribution in [0.4, 0.5) is 5.82 Å². The molecule has 20 heavy (non-hydrogen) atoms. The molecule has 3 rings (SSSR count). The molecular formula is C16H18N4. The molecule has 0 bridgehead atoms. The van der Waals surface area contributed by atoms with Crippen LogP contribution < -0.4 is 5.73 Å². The maximum Gasteiger partial charge on any atom is 0.131 e. The van der Waals surface area contributed by atoms with E-state index < -0.39 is 0 Å². The van der Waals surface area contributed by atoms with Crippen LogP contribution in [-0.2, 0) is 11.8 Å². The maximum atomic E-state index is 8.86. The summed E-state index contributed by atoms with van der Waals surface area (Å²) in [4.78, 5) is 0. The van der Waals surface area contributed by atoms with Gasteiger partial charge in [0.2, 0.25) is 0 Å². The molecule has 0 amide bonds. The summed E-state index contributed by atoms with van der Waals surface area (Å²) in [6, 6.07) is 9.48. The van der Waals surface area contributed by atoms with Gasteiger partial charge in [-0.25, -0.2) is 4.68 Å². The zero-order valence-electron chi connectivity index (χ0n) is 11.8. The first-order chi connectivity index (χ1) is 9.53.